The molecule has 3 aromatic rings. The summed E-state index contributed by atoms with van der Waals surface area (Å²) >= 11 is 1.47. The van der Waals surface area contributed by atoms with E-state index in [0.717, 1.165) is 5.56 Å². The molecule has 23 heavy (non-hydrogen) atoms. The lowest BCUT2D eigenvalue weighted by atomic mass is 9.99. The first-order valence-corrected chi connectivity index (χ1v) is 7.94. The van der Waals surface area contributed by atoms with Crippen molar-refractivity contribution in [1.82, 2.24) is 15.3 Å². The molecule has 0 saturated carbocycles. The van der Waals surface area contributed by atoms with Gasteiger partial charge in [0.2, 0.25) is 0 Å². The standard InChI is InChI=1S/C16H15N3O3S/c1-16(22,10-6-7-23-8-10)9-17-15(21)13-18-12-5-3-2-4-11(12)14(20)19-13/h2-8,22H,9H2,1H3,(H,17,21)(H,18,19,20). The molecule has 0 fully saturated rings. The minimum Gasteiger partial charge on any atom is -0.384 e. The predicted octanol–water partition coefficient (Wildman–Crippen LogP) is 1.62. The predicted molar refractivity (Wildman–Crippen MR) is 88.6 cm³/mol. The highest BCUT2D eigenvalue weighted by molar-refractivity contribution is 7.08. The van der Waals surface area contributed by atoms with Gasteiger partial charge in [-0.2, -0.15) is 11.3 Å². The zero-order chi connectivity index (χ0) is 16.4. The van der Waals surface area contributed by atoms with Crippen molar-refractivity contribution < 1.29 is 9.90 Å². The fourth-order valence-corrected chi connectivity index (χ4v) is 2.99. The SMILES string of the molecule is CC(O)(CNC(=O)c1nc2ccccc2c(=O)[nH]1)c1ccsc1. The van der Waals surface area contributed by atoms with Gasteiger partial charge in [-0.3, -0.25) is 9.59 Å². The van der Waals surface area contributed by atoms with Crippen molar-refractivity contribution in [1.29, 1.82) is 0 Å². The van der Waals surface area contributed by atoms with Crippen LogP contribution in [0.15, 0.2) is 45.9 Å². The number of benzene rings is 1. The molecule has 0 saturated heterocycles. The Bertz CT molecular complexity index is 900. The molecular formula is C16H15N3O3S. The quantitative estimate of drug-likeness (QED) is 0.678. The Morgan fingerprint density at radius 3 is 2.91 bits per heavy atom. The Hall–Kier alpha value is -2.51. The highest BCUT2D eigenvalue weighted by atomic mass is 32.1. The van der Waals surface area contributed by atoms with Gasteiger partial charge in [-0.15, -0.1) is 0 Å². The number of nitrogens with one attached hydrogen (secondary N) is 2. The summed E-state index contributed by atoms with van der Waals surface area (Å²) in [5, 5.41) is 17.1. The Morgan fingerprint density at radius 1 is 1.39 bits per heavy atom. The van der Waals surface area contributed by atoms with Crippen LogP contribution in [0.3, 0.4) is 0 Å². The fourth-order valence-electron chi connectivity index (χ4n) is 2.20. The second kappa shape index (κ2) is 5.94. The molecule has 0 aliphatic heterocycles. The van der Waals surface area contributed by atoms with E-state index in [1.165, 1.54) is 11.3 Å². The molecule has 118 valence electrons. The average molecular weight is 329 g/mol. The van der Waals surface area contributed by atoms with E-state index in [9.17, 15) is 14.7 Å². The van der Waals surface area contributed by atoms with Crippen LogP contribution >= 0.6 is 11.3 Å². The first kappa shape index (κ1) is 15.4. The molecule has 0 aliphatic carbocycles. The summed E-state index contributed by atoms with van der Waals surface area (Å²) < 4.78 is 0. The summed E-state index contributed by atoms with van der Waals surface area (Å²) in [6.07, 6.45) is 0. The Balaban J connectivity index is 1.80. The number of para-hydroxylation sites is 1. The van der Waals surface area contributed by atoms with Crippen molar-refractivity contribution in [3.8, 4) is 0 Å². The maximum absolute atomic E-state index is 12.2. The van der Waals surface area contributed by atoms with Crippen LogP contribution in [0, 0.1) is 0 Å². The minimum atomic E-state index is -1.19. The molecule has 1 aromatic carbocycles. The number of aromatic amines is 1. The van der Waals surface area contributed by atoms with Gasteiger partial charge in [0.25, 0.3) is 11.5 Å². The fraction of sp³-hybridized carbons (Fsp3) is 0.188. The molecule has 0 aliphatic rings. The molecule has 1 amide bonds. The van der Waals surface area contributed by atoms with Crippen LogP contribution in [-0.4, -0.2) is 27.5 Å². The van der Waals surface area contributed by atoms with Crippen molar-refractivity contribution >= 4 is 28.1 Å². The molecule has 2 aromatic heterocycles. The smallest absolute Gasteiger partial charge is 0.287 e. The normalized spacial score (nSPS) is 13.7. The number of amides is 1. The lowest BCUT2D eigenvalue weighted by molar-refractivity contribution is 0.0527. The van der Waals surface area contributed by atoms with Crippen molar-refractivity contribution in [2.45, 2.75) is 12.5 Å². The number of rotatable bonds is 4. The third-order valence-electron chi connectivity index (χ3n) is 3.56. The lowest BCUT2D eigenvalue weighted by Crippen LogP contribution is -2.39. The maximum atomic E-state index is 12.2. The Labute approximate surface area is 135 Å². The van der Waals surface area contributed by atoms with Crippen molar-refractivity contribution in [3.05, 3.63) is 62.8 Å². The Kier molecular flexibility index (Phi) is 3.97. The van der Waals surface area contributed by atoms with Gasteiger partial charge in [-0.05, 0) is 41.4 Å². The van der Waals surface area contributed by atoms with Crippen molar-refractivity contribution in [3.63, 3.8) is 0 Å². The van der Waals surface area contributed by atoms with Crippen LogP contribution in [0.4, 0.5) is 0 Å². The lowest BCUT2D eigenvalue weighted by Gasteiger charge is -2.22. The van der Waals surface area contributed by atoms with E-state index in [2.05, 4.69) is 15.3 Å². The van der Waals surface area contributed by atoms with Crippen molar-refractivity contribution in [2.24, 2.45) is 0 Å². The number of carbonyl (C=O) groups is 1. The Morgan fingerprint density at radius 2 is 2.17 bits per heavy atom. The summed E-state index contributed by atoms with van der Waals surface area (Å²) in [7, 11) is 0. The number of aliphatic hydroxyl groups is 1. The molecule has 6 nitrogen and oxygen atoms in total. The second-order valence-electron chi connectivity index (χ2n) is 5.40. The summed E-state index contributed by atoms with van der Waals surface area (Å²) in [6, 6.07) is 8.59. The molecule has 3 N–H and O–H groups in total. The molecule has 7 heteroatoms. The van der Waals surface area contributed by atoms with E-state index in [1.807, 2.05) is 10.8 Å². The van der Waals surface area contributed by atoms with E-state index in [0.29, 0.717) is 10.9 Å². The molecular weight excluding hydrogens is 314 g/mol. The number of hydrogen-bond donors (Lipinski definition) is 3. The summed E-state index contributed by atoms with van der Waals surface area (Å²) in [4.78, 5) is 30.8. The first-order chi connectivity index (χ1) is 11.0. The molecule has 2 heterocycles. The minimum absolute atomic E-state index is 0.0130. The molecule has 0 spiro atoms. The summed E-state index contributed by atoms with van der Waals surface area (Å²) in [6.45, 7) is 1.63. The molecule has 1 atom stereocenters. The van der Waals surface area contributed by atoms with Gasteiger partial charge in [-0.25, -0.2) is 4.98 Å². The molecule has 3 rings (SSSR count). The third-order valence-corrected chi connectivity index (χ3v) is 4.25. The number of hydrogen-bond acceptors (Lipinski definition) is 5. The third kappa shape index (κ3) is 3.15. The summed E-state index contributed by atoms with van der Waals surface area (Å²) in [5.41, 5.74) is -0.383. The van der Waals surface area contributed by atoms with Crippen molar-refractivity contribution in [2.75, 3.05) is 6.54 Å². The monoisotopic (exact) mass is 329 g/mol. The highest BCUT2D eigenvalue weighted by Crippen LogP contribution is 2.22. The molecule has 1 unspecified atom stereocenters. The average Bonchev–Trinajstić information content (AvgIpc) is 3.08. The highest BCUT2D eigenvalue weighted by Gasteiger charge is 2.25. The van der Waals surface area contributed by atoms with Gasteiger partial charge in [-0.1, -0.05) is 12.1 Å². The van der Waals surface area contributed by atoms with Gasteiger partial charge in [0.15, 0.2) is 5.82 Å². The number of fused-ring (bicyclic) bond motifs is 1. The van der Waals surface area contributed by atoms with Gasteiger partial charge >= 0.3 is 0 Å². The van der Waals surface area contributed by atoms with E-state index in [1.54, 1.807) is 37.3 Å². The number of aromatic nitrogens is 2. The second-order valence-corrected chi connectivity index (χ2v) is 6.18. The number of carbonyl (C=O) groups excluding carboxylic acids is 1. The van der Waals surface area contributed by atoms with Gasteiger partial charge in [0.1, 0.15) is 5.60 Å². The largest absolute Gasteiger partial charge is 0.384 e. The maximum Gasteiger partial charge on any atom is 0.287 e. The van der Waals surface area contributed by atoms with Gasteiger partial charge < -0.3 is 15.4 Å². The number of nitrogens with zero attached hydrogens (tertiary/aromatic N) is 1. The van der Waals surface area contributed by atoms with Crippen LogP contribution in [0.25, 0.3) is 10.9 Å². The van der Waals surface area contributed by atoms with Gasteiger partial charge in [0, 0.05) is 0 Å². The number of H-pyrrole nitrogens is 1. The topological polar surface area (TPSA) is 95.1 Å². The molecule has 0 bridgehead atoms. The number of thiophene rings is 1. The zero-order valence-electron chi connectivity index (χ0n) is 12.4. The van der Waals surface area contributed by atoms with Crippen LogP contribution < -0.4 is 10.9 Å². The van der Waals surface area contributed by atoms with E-state index >= 15 is 0 Å². The van der Waals surface area contributed by atoms with Crippen LogP contribution in [0.5, 0.6) is 0 Å². The van der Waals surface area contributed by atoms with Crippen LogP contribution in [-0.2, 0) is 5.60 Å². The first-order valence-electron chi connectivity index (χ1n) is 7.00. The molecule has 0 radical (unpaired) electrons. The van der Waals surface area contributed by atoms with E-state index < -0.39 is 11.5 Å². The summed E-state index contributed by atoms with van der Waals surface area (Å²) in [5.74, 6) is -0.613. The van der Waals surface area contributed by atoms with Gasteiger partial charge in [0.05, 0.1) is 17.4 Å². The van der Waals surface area contributed by atoms with Crippen LogP contribution in [0.1, 0.15) is 23.1 Å². The van der Waals surface area contributed by atoms with E-state index in [4.69, 9.17) is 0 Å². The van der Waals surface area contributed by atoms with E-state index in [-0.39, 0.29) is 17.9 Å². The zero-order valence-corrected chi connectivity index (χ0v) is 13.2. The van der Waals surface area contributed by atoms with Crippen LogP contribution in [0.2, 0.25) is 0 Å².